The summed E-state index contributed by atoms with van der Waals surface area (Å²) in [4.78, 5) is 0. The van der Waals surface area contributed by atoms with Crippen molar-refractivity contribution in [3.05, 3.63) is 223 Å². The molecule has 1 atom stereocenters. The number of nitrogens with one attached hydrogen (secondary N) is 1. The van der Waals surface area contributed by atoms with E-state index in [1.165, 1.54) is 16.7 Å². The van der Waals surface area contributed by atoms with E-state index in [9.17, 15) is 0 Å². The zero-order valence-corrected chi connectivity index (χ0v) is 31.7. The average Bonchev–Trinajstić information content (AvgIpc) is 3.81. The molecule has 58 heavy (non-hydrogen) atoms. The Hall–Kier alpha value is -7.56. The molecule has 0 saturated heterocycles. The van der Waals surface area contributed by atoms with Crippen LogP contribution in [0.25, 0.3) is 60.9 Å². The highest BCUT2D eigenvalue weighted by molar-refractivity contribution is 6.14. The molecule has 0 spiro atoms. The van der Waals surface area contributed by atoms with Crippen molar-refractivity contribution in [3.8, 4) is 39.4 Å². The van der Waals surface area contributed by atoms with Crippen molar-refractivity contribution in [3.63, 3.8) is 0 Å². The van der Waals surface area contributed by atoms with Gasteiger partial charge in [-0.05, 0) is 119 Å². The normalized spacial score (nSPS) is 16.5. The highest BCUT2D eigenvalue weighted by atomic mass is 16.5. The molecule has 0 fully saturated rings. The van der Waals surface area contributed by atoms with E-state index in [2.05, 4.69) is 174 Å². The summed E-state index contributed by atoms with van der Waals surface area (Å²) in [6.07, 6.45) is 12.9. The van der Waals surface area contributed by atoms with Gasteiger partial charge in [0.05, 0.1) is 22.7 Å². The van der Waals surface area contributed by atoms with E-state index in [1.54, 1.807) is 6.26 Å². The number of benzene rings is 7. The van der Waals surface area contributed by atoms with Crippen molar-refractivity contribution in [2.75, 3.05) is 5.32 Å². The Labute approximate surface area is 337 Å². The number of hydrogen-bond acceptors (Lipinski definition) is 3. The number of allylic oxidation sites excluding steroid dienone is 8. The molecule has 276 valence electrons. The van der Waals surface area contributed by atoms with E-state index in [4.69, 9.17) is 9.47 Å². The Bertz CT molecular complexity index is 3070. The molecule has 0 radical (unpaired) electrons. The summed E-state index contributed by atoms with van der Waals surface area (Å²) >= 11 is 0. The van der Waals surface area contributed by atoms with Crippen molar-refractivity contribution in [1.82, 2.24) is 4.57 Å². The molecule has 0 saturated carbocycles. The van der Waals surface area contributed by atoms with E-state index in [0.29, 0.717) is 0 Å². The third kappa shape index (κ3) is 5.77. The molecule has 7 aromatic carbocycles. The van der Waals surface area contributed by atoms with E-state index < -0.39 is 0 Å². The van der Waals surface area contributed by atoms with Gasteiger partial charge < -0.3 is 19.4 Å². The van der Waals surface area contributed by atoms with Crippen LogP contribution >= 0.6 is 0 Å². The third-order valence-electron chi connectivity index (χ3n) is 11.6. The maximum atomic E-state index is 6.47. The minimum Gasteiger partial charge on any atom is -0.464 e. The minimum absolute atomic E-state index is 0.219. The van der Waals surface area contributed by atoms with Crippen LogP contribution < -0.4 is 14.8 Å². The maximum absolute atomic E-state index is 6.47. The fourth-order valence-electron chi connectivity index (χ4n) is 8.80. The van der Waals surface area contributed by atoms with Gasteiger partial charge in [0.15, 0.2) is 0 Å². The Balaban J connectivity index is 0.996. The SMILES string of the molecule is C=C1/C=C\C=C/Oc2c1ccc1c2c2cc(C3=CC=C4Oc5ccccc5C4C3)ccc2n1-c1ccc(-c2cccc(-c3ccccc3Nc3ccccc3)c2)cc1. The van der Waals surface area contributed by atoms with E-state index in [-0.39, 0.29) is 5.92 Å². The molecule has 8 aromatic rings. The molecule has 4 heteroatoms. The smallest absolute Gasteiger partial charge is 0.144 e. The van der Waals surface area contributed by atoms with Crippen molar-refractivity contribution < 1.29 is 9.47 Å². The van der Waals surface area contributed by atoms with Crippen molar-refractivity contribution >= 4 is 44.3 Å². The fraction of sp³-hybridized carbons (Fsp3) is 0.0370. The lowest BCUT2D eigenvalue weighted by Crippen LogP contribution is -2.04. The number of rotatable bonds is 6. The van der Waals surface area contributed by atoms with Crippen molar-refractivity contribution in [1.29, 1.82) is 0 Å². The molecule has 2 aliphatic heterocycles. The molecule has 1 N–H and O–H groups in total. The third-order valence-corrected chi connectivity index (χ3v) is 11.6. The van der Waals surface area contributed by atoms with Gasteiger partial charge in [-0.25, -0.2) is 0 Å². The quantitative estimate of drug-likeness (QED) is 0.184. The van der Waals surface area contributed by atoms with Crippen LogP contribution in [0, 0.1) is 0 Å². The predicted octanol–water partition coefficient (Wildman–Crippen LogP) is 14.2. The van der Waals surface area contributed by atoms with Crippen LogP contribution in [0.15, 0.2) is 207 Å². The second-order valence-electron chi connectivity index (χ2n) is 15.1. The highest BCUT2D eigenvalue weighted by Crippen LogP contribution is 2.49. The van der Waals surface area contributed by atoms with Crippen LogP contribution in [0.3, 0.4) is 0 Å². The van der Waals surface area contributed by atoms with Gasteiger partial charge in [0.2, 0.25) is 0 Å². The average molecular weight is 747 g/mol. The number of para-hydroxylation sites is 3. The van der Waals surface area contributed by atoms with Crippen LogP contribution in [0.1, 0.15) is 29.0 Å². The van der Waals surface area contributed by atoms with Crippen LogP contribution in [-0.4, -0.2) is 4.57 Å². The first-order valence-electron chi connectivity index (χ1n) is 19.8. The Morgan fingerprint density at radius 1 is 0.621 bits per heavy atom. The molecule has 1 unspecified atom stereocenters. The lowest BCUT2D eigenvalue weighted by atomic mass is 9.85. The standard InChI is InChI=1S/C54H38N2O2/c1-35-12-9-10-31-57-54-43(35)27-29-50-53(54)47-34-38(39-24-30-52-46(33-39)45-18-6-8-20-51(45)58-52)23-28-49(47)56(50)42-25-21-36(22-26-42)37-13-11-14-40(32-37)44-17-5-7-19-48(44)55-41-15-3-2-4-16-41/h2-32,34,46,55H,1,33H2/b12-9-,31-10-. The molecule has 1 aromatic heterocycles. The molecule has 0 bridgehead atoms. The van der Waals surface area contributed by atoms with Crippen molar-refractivity contribution in [2.45, 2.75) is 12.3 Å². The van der Waals surface area contributed by atoms with E-state index in [0.717, 1.165) is 95.9 Å². The number of aromatic nitrogens is 1. The maximum Gasteiger partial charge on any atom is 0.144 e. The van der Waals surface area contributed by atoms with Gasteiger partial charge in [-0.1, -0.05) is 116 Å². The molecule has 3 heterocycles. The number of ether oxygens (including phenoxy) is 2. The first-order valence-corrected chi connectivity index (χ1v) is 19.8. The molecule has 1 aliphatic carbocycles. The summed E-state index contributed by atoms with van der Waals surface area (Å²) in [5.41, 5.74) is 15.7. The van der Waals surface area contributed by atoms with Gasteiger partial charge in [-0.2, -0.15) is 0 Å². The zero-order chi connectivity index (χ0) is 38.6. The molecule has 11 rings (SSSR count). The van der Waals surface area contributed by atoms with Crippen LogP contribution in [0.4, 0.5) is 11.4 Å². The zero-order valence-electron chi connectivity index (χ0n) is 31.7. The molecule has 3 aliphatic rings. The summed E-state index contributed by atoms with van der Waals surface area (Å²) in [7, 11) is 0. The van der Waals surface area contributed by atoms with Gasteiger partial charge in [0.25, 0.3) is 0 Å². The Kier molecular flexibility index (Phi) is 8.07. The summed E-state index contributed by atoms with van der Waals surface area (Å²) < 4.78 is 15.1. The van der Waals surface area contributed by atoms with E-state index >= 15 is 0 Å². The van der Waals surface area contributed by atoms with Crippen LogP contribution in [-0.2, 0) is 0 Å². The topological polar surface area (TPSA) is 35.4 Å². The first-order chi connectivity index (χ1) is 28.7. The summed E-state index contributed by atoms with van der Waals surface area (Å²) in [6, 6.07) is 56.1. The molecular weight excluding hydrogens is 709 g/mol. The first kappa shape index (κ1) is 33.8. The summed E-state index contributed by atoms with van der Waals surface area (Å²) in [6.45, 7) is 4.40. The van der Waals surface area contributed by atoms with Gasteiger partial charge in [0.1, 0.15) is 17.3 Å². The van der Waals surface area contributed by atoms with Gasteiger partial charge in [0, 0.05) is 45.1 Å². The van der Waals surface area contributed by atoms with Gasteiger partial charge >= 0.3 is 0 Å². The molecule has 0 amide bonds. The van der Waals surface area contributed by atoms with Crippen LogP contribution in [0.5, 0.6) is 11.5 Å². The molecule has 4 nitrogen and oxygen atoms in total. The number of hydrogen-bond donors (Lipinski definition) is 1. The van der Waals surface area contributed by atoms with E-state index in [1.807, 2.05) is 30.4 Å². The van der Waals surface area contributed by atoms with Crippen molar-refractivity contribution in [2.24, 2.45) is 0 Å². The van der Waals surface area contributed by atoms with Gasteiger partial charge in [-0.15, -0.1) is 0 Å². The van der Waals surface area contributed by atoms with Crippen LogP contribution in [0.2, 0.25) is 0 Å². The lowest BCUT2D eigenvalue weighted by molar-refractivity contribution is 0.426. The monoisotopic (exact) mass is 746 g/mol. The molecular formula is C54H38N2O2. The Morgan fingerprint density at radius 3 is 2.33 bits per heavy atom. The Morgan fingerprint density at radius 2 is 1.41 bits per heavy atom. The predicted molar refractivity (Wildman–Crippen MR) is 240 cm³/mol. The summed E-state index contributed by atoms with van der Waals surface area (Å²) in [5, 5.41) is 5.81. The fourth-order valence-corrected chi connectivity index (χ4v) is 8.80. The second kappa shape index (κ2) is 13.9. The highest BCUT2D eigenvalue weighted by Gasteiger charge is 2.32. The number of nitrogens with zero attached hydrogens (tertiary/aromatic N) is 1. The second-order valence-corrected chi connectivity index (χ2v) is 15.1. The minimum atomic E-state index is 0.219. The number of fused-ring (bicyclic) bond motifs is 8. The lowest BCUT2D eigenvalue weighted by Gasteiger charge is -2.18. The number of anilines is 2. The largest absolute Gasteiger partial charge is 0.464 e. The van der Waals surface area contributed by atoms with Gasteiger partial charge in [-0.3, -0.25) is 0 Å². The summed E-state index contributed by atoms with van der Waals surface area (Å²) in [5.74, 6) is 3.02.